The van der Waals surface area contributed by atoms with Crippen molar-refractivity contribution < 1.29 is 4.79 Å². The Kier molecular flexibility index (Phi) is 4.89. The fourth-order valence-corrected chi connectivity index (χ4v) is 3.12. The van der Waals surface area contributed by atoms with Crippen molar-refractivity contribution in [3.05, 3.63) is 67.4 Å². The van der Waals surface area contributed by atoms with Crippen LogP contribution in [-0.2, 0) is 14.1 Å². The molecule has 27 heavy (non-hydrogen) atoms. The molecule has 1 aromatic carbocycles. The maximum absolute atomic E-state index is 12.8. The molecule has 0 fully saturated rings. The Balaban J connectivity index is 2.29. The summed E-state index contributed by atoms with van der Waals surface area (Å²) in [6.45, 7) is 3.87. The van der Waals surface area contributed by atoms with Crippen LogP contribution >= 0.6 is 11.6 Å². The van der Waals surface area contributed by atoms with Gasteiger partial charge in [0.1, 0.15) is 5.39 Å². The Morgan fingerprint density at radius 2 is 1.89 bits per heavy atom. The molecule has 0 spiro atoms. The predicted octanol–water partition coefficient (Wildman–Crippen LogP) is 2.66. The van der Waals surface area contributed by atoms with E-state index >= 15 is 0 Å². The van der Waals surface area contributed by atoms with Gasteiger partial charge in [-0.3, -0.25) is 18.7 Å². The Morgan fingerprint density at radius 3 is 2.52 bits per heavy atom. The number of aryl methyl sites for hydroxylation is 1. The number of halogens is 1. The Hall–Kier alpha value is -2.93. The molecule has 0 saturated carbocycles. The lowest BCUT2D eigenvalue weighted by Crippen LogP contribution is -2.38. The van der Waals surface area contributed by atoms with E-state index in [1.807, 2.05) is 13.8 Å². The van der Waals surface area contributed by atoms with Crippen molar-refractivity contribution in [2.24, 2.45) is 14.1 Å². The van der Waals surface area contributed by atoms with Gasteiger partial charge in [-0.05, 0) is 29.7 Å². The van der Waals surface area contributed by atoms with Crippen molar-refractivity contribution in [2.75, 3.05) is 5.32 Å². The number of fused-ring (bicyclic) bond motifs is 1. The number of aromatic nitrogens is 3. The molecule has 0 atom stereocenters. The van der Waals surface area contributed by atoms with E-state index in [2.05, 4.69) is 10.3 Å². The standard InChI is InChI=1S/C19H19ClN4O3/c1-10(2)13-9-21-16-14(18(26)24(4)19(27)23(16)3)15(13)22-17(25)11-6-5-7-12(20)8-11/h5-10H,1-4H3,(H,21,22,25). The van der Waals surface area contributed by atoms with Gasteiger partial charge in [0.2, 0.25) is 0 Å². The summed E-state index contributed by atoms with van der Waals surface area (Å²) in [5.74, 6) is -0.402. The van der Waals surface area contributed by atoms with Gasteiger partial charge < -0.3 is 5.32 Å². The number of pyridine rings is 1. The number of carbonyl (C=O) groups is 1. The second kappa shape index (κ2) is 7.00. The second-order valence-electron chi connectivity index (χ2n) is 6.61. The monoisotopic (exact) mass is 386 g/mol. The van der Waals surface area contributed by atoms with Gasteiger partial charge in [-0.25, -0.2) is 9.78 Å². The number of nitrogens with one attached hydrogen (secondary N) is 1. The van der Waals surface area contributed by atoms with Crippen LogP contribution in [0, 0.1) is 0 Å². The largest absolute Gasteiger partial charge is 0.332 e. The average molecular weight is 387 g/mol. The lowest BCUT2D eigenvalue weighted by atomic mass is 10.0. The number of hydrogen-bond donors (Lipinski definition) is 1. The fraction of sp³-hybridized carbons (Fsp3) is 0.263. The van der Waals surface area contributed by atoms with Gasteiger partial charge in [-0.15, -0.1) is 0 Å². The van der Waals surface area contributed by atoms with Crippen LogP contribution in [0.3, 0.4) is 0 Å². The molecule has 0 unspecified atom stereocenters. The van der Waals surface area contributed by atoms with Crippen molar-refractivity contribution in [1.82, 2.24) is 14.1 Å². The molecule has 0 aliphatic carbocycles. The maximum atomic E-state index is 12.8. The molecule has 2 aromatic heterocycles. The molecular formula is C19H19ClN4O3. The van der Waals surface area contributed by atoms with Crippen molar-refractivity contribution in [3.8, 4) is 0 Å². The molecule has 0 aliphatic rings. The highest BCUT2D eigenvalue weighted by Crippen LogP contribution is 2.29. The summed E-state index contributed by atoms with van der Waals surface area (Å²) in [5, 5.41) is 3.46. The van der Waals surface area contributed by atoms with Crippen LogP contribution in [0.15, 0.2) is 40.1 Å². The van der Waals surface area contributed by atoms with Gasteiger partial charge in [0.25, 0.3) is 11.5 Å². The van der Waals surface area contributed by atoms with E-state index in [0.717, 1.165) is 4.57 Å². The van der Waals surface area contributed by atoms with E-state index < -0.39 is 17.2 Å². The minimum Gasteiger partial charge on any atom is -0.321 e. The Labute approximate surface area is 160 Å². The zero-order chi connectivity index (χ0) is 19.9. The highest BCUT2D eigenvalue weighted by Gasteiger charge is 2.20. The lowest BCUT2D eigenvalue weighted by molar-refractivity contribution is 0.102. The Morgan fingerprint density at radius 1 is 1.19 bits per heavy atom. The lowest BCUT2D eigenvalue weighted by Gasteiger charge is -2.17. The third-order valence-electron chi connectivity index (χ3n) is 4.45. The second-order valence-corrected chi connectivity index (χ2v) is 7.05. The van der Waals surface area contributed by atoms with Crippen LogP contribution in [0.25, 0.3) is 11.0 Å². The molecule has 3 rings (SSSR count). The van der Waals surface area contributed by atoms with Gasteiger partial charge in [-0.2, -0.15) is 0 Å². The first-order chi connectivity index (χ1) is 12.7. The SMILES string of the molecule is CC(C)c1cnc2c(c1NC(=O)c1cccc(Cl)c1)c(=O)n(C)c(=O)n2C. The molecular weight excluding hydrogens is 368 g/mol. The summed E-state index contributed by atoms with van der Waals surface area (Å²) in [4.78, 5) is 42.1. The topological polar surface area (TPSA) is 86.0 Å². The van der Waals surface area contributed by atoms with E-state index in [-0.39, 0.29) is 17.0 Å². The molecule has 0 saturated heterocycles. The van der Waals surface area contributed by atoms with Crippen LogP contribution in [0.2, 0.25) is 5.02 Å². The minimum atomic E-state index is -0.510. The molecule has 2 heterocycles. The number of carbonyl (C=O) groups excluding carboxylic acids is 1. The molecule has 0 bridgehead atoms. The van der Waals surface area contributed by atoms with Crippen molar-refractivity contribution >= 4 is 34.2 Å². The zero-order valence-electron chi connectivity index (χ0n) is 15.4. The number of anilines is 1. The molecule has 0 aliphatic heterocycles. The summed E-state index contributed by atoms with van der Waals surface area (Å²) in [7, 11) is 2.93. The molecule has 1 N–H and O–H groups in total. The normalized spacial score (nSPS) is 11.2. The maximum Gasteiger partial charge on any atom is 0.332 e. The first kappa shape index (κ1) is 18.8. The quantitative estimate of drug-likeness (QED) is 0.749. The van der Waals surface area contributed by atoms with Crippen LogP contribution < -0.4 is 16.6 Å². The van der Waals surface area contributed by atoms with Gasteiger partial charge >= 0.3 is 5.69 Å². The minimum absolute atomic E-state index is 0.00139. The predicted molar refractivity (Wildman–Crippen MR) is 106 cm³/mol. The van der Waals surface area contributed by atoms with Gasteiger partial charge in [0.15, 0.2) is 5.65 Å². The van der Waals surface area contributed by atoms with Crippen LogP contribution in [0.1, 0.15) is 35.7 Å². The van der Waals surface area contributed by atoms with Gasteiger partial charge in [-0.1, -0.05) is 31.5 Å². The van der Waals surface area contributed by atoms with Crippen LogP contribution in [-0.4, -0.2) is 20.0 Å². The van der Waals surface area contributed by atoms with Gasteiger partial charge in [0, 0.05) is 30.9 Å². The van der Waals surface area contributed by atoms with E-state index in [4.69, 9.17) is 11.6 Å². The summed E-state index contributed by atoms with van der Waals surface area (Å²) in [6, 6.07) is 6.52. The first-order valence-electron chi connectivity index (χ1n) is 8.38. The molecule has 1 amide bonds. The molecule has 8 heteroatoms. The summed E-state index contributed by atoms with van der Waals surface area (Å²) < 4.78 is 2.29. The third kappa shape index (κ3) is 3.26. The number of amides is 1. The summed E-state index contributed by atoms with van der Waals surface area (Å²) >= 11 is 5.97. The molecule has 7 nitrogen and oxygen atoms in total. The third-order valence-corrected chi connectivity index (χ3v) is 4.68. The number of nitrogens with zero attached hydrogens (tertiary/aromatic N) is 3. The fourth-order valence-electron chi connectivity index (χ4n) is 2.93. The first-order valence-corrected chi connectivity index (χ1v) is 8.75. The smallest absolute Gasteiger partial charge is 0.321 e. The Bertz CT molecular complexity index is 1180. The zero-order valence-corrected chi connectivity index (χ0v) is 16.2. The van der Waals surface area contributed by atoms with E-state index in [1.165, 1.54) is 18.7 Å². The highest BCUT2D eigenvalue weighted by molar-refractivity contribution is 6.31. The van der Waals surface area contributed by atoms with E-state index in [1.54, 1.807) is 30.5 Å². The summed E-state index contributed by atoms with van der Waals surface area (Å²) in [6.07, 6.45) is 1.58. The average Bonchev–Trinajstić information content (AvgIpc) is 2.64. The van der Waals surface area contributed by atoms with Gasteiger partial charge in [0.05, 0.1) is 5.69 Å². The highest BCUT2D eigenvalue weighted by atomic mass is 35.5. The molecule has 3 aromatic rings. The van der Waals surface area contributed by atoms with Crippen LogP contribution in [0.4, 0.5) is 5.69 Å². The summed E-state index contributed by atoms with van der Waals surface area (Å²) in [5.41, 5.74) is 0.649. The number of benzene rings is 1. The number of hydrogen-bond acceptors (Lipinski definition) is 4. The van der Waals surface area contributed by atoms with Crippen molar-refractivity contribution in [3.63, 3.8) is 0 Å². The van der Waals surface area contributed by atoms with Crippen molar-refractivity contribution in [2.45, 2.75) is 19.8 Å². The number of rotatable bonds is 3. The van der Waals surface area contributed by atoms with Crippen molar-refractivity contribution in [1.29, 1.82) is 0 Å². The molecule has 140 valence electrons. The van der Waals surface area contributed by atoms with Crippen LogP contribution in [0.5, 0.6) is 0 Å². The van der Waals surface area contributed by atoms with E-state index in [0.29, 0.717) is 21.8 Å². The molecule has 0 radical (unpaired) electrons. The van der Waals surface area contributed by atoms with E-state index in [9.17, 15) is 14.4 Å².